The van der Waals surface area contributed by atoms with Crippen molar-refractivity contribution in [1.29, 1.82) is 5.26 Å². The van der Waals surface area contributed by atoms with E-state index in [1.807, 2.05) is 12.1 Å². The molecule has 1 saturated heterocycles. The van der Waals surface area contributed by atoms with Crippen LogP contribution in [0, 0.1) is 11.3 Å². The van der Waals surface area contributed by atoms with Gasteiger partial charge in [0.15, 0.2) is 0 Å². The fourth-order valence-corrected chi connectivity index (χ4v) is 2.94. The SMILES string of the molecule is N#CC1(c2ccc(N3CCCC3)cc2)CC(=O)C1. The van der Waals surface area contributed by atoms with Gasteiger partial charge in [-0.2, -0.15) is 5.26 Å². The van der Waals surface area contributed by atoms with Gasteiger partial charge < -0.3 is 4.90 Å². The van der Waals surface area contributed by atoms with Gasteiger partial charge in [-0.1, -0.05) is 12.1 Å². The van der Waals surface area contributed by atoms with Crippen LogP contribution in [0.4, 0.5) is 5.69 Å². The van der Waals surface area contributed by atoms with Crippen LogP contribution in [0.1, 0.15) is 31.2 Å². The van der Waals surface area contributed by atoms with Crippen LogP contribution in [-0.4, -0.2) is 18.9 Å². The standard InChI is InChI=1S/C15H16N2O/c16-11-15(9-14(18)10-15)12-3-5-13(6-4-12)17-7-1-2-8-17/h3-6H,1-2,7-10H2. The first-order valence-electron chi connectivity index (χ1n) is 6.52. The summed E-state index contributed by atoms with van der Waals surface area (Å²) in [7, 11) is 0. The van der Waals surface area contributed by atoms with Gasteiger partial charge in [-0.15, -0.1) is 0 Å². The number of carbonyl (C=O) groups is 1. The van der Waals surface area contributed by atoms with Gasteiger partial charge in [0.05, 0.1) is 11.5 Å². The summed E-state index contributed by atoms with van der Waals surface area (Å²) in [6, 6.07) is 10.5. The van der Waals surface area contributed by atoms with Gasteiger partial charge >= 0.3 is 0 Å². The Labute approximate surface area is 107 Å². The predicted octanol–water partition coefficient (Wildman–Crippen LogP) is 2.41. The first kappa shape index (κ1) is 11.3. The second kappa shape index (κ2) is 4.13. The van der Waals surface area contributed by atoms with E-state index in [9.17, 15) is 10.1 Å². The van der Waals surface area contributed by atoms with Crippen molar-refractivity contribution in [3.05, 3.63) is 29.8 Å². The Bertz CT molecular complexity index is 498. The Morgan fingerprint density at radius 3 is 2.22 bits per heavy atom. The highest BCUT2D eigenvalue weighted by Gasteiger charge is 2.45. The summed E-state index contributed by atoms with van der Waals surface area (Å²) in [5.41, 5.74) is 1.68. The van der Waals surface area contributed by atoms with Gasteiger partial charge in [0.1, 0.15) is 5.78 Å². The van der Waals surface area contributed by atoms with Crippen LogP contribution < -0.4 is 4.90 Å². The molecule has 1 heterocycles. The van der Waals surface area contributed by atoms with Crippen LogP contribution in [0.25, 0.3) is 0 Å². The number of hydrogen-bond acceptors (Lipinski definition) is 3. The minimum atomic E-state index is -0.541. The third-order valence-corrected chi connectivity index (χ3v) is 4.10. The average molecular weight is 240 g/mol. The Balaban J connectivity index is 1.83. The summed E-state index contributed by atoms with van der Waals surface area (Å²) >= 11 is 0. The molecule has 0 bridgehead atoms. The maximum Gasteiger partial charge on any atom is 0.136 e. The number of benzene rings is 1. The van der Waals surface area contributed by atoms with Crippen molar-refractivity contribution in [1.82, 2.24) is 0 Å². The summed E-state index contributed by atoms with van der Waals surface area (Å²) in [5.74, 6) is 0.195. The lowest BCUT2D eigenvalue weighted by Crippen LogP contribution is -2.40. The van der Waals surface area contributed by atoms with E-state index >= 15 is 0 Å². The van der Waals surface area contributed by atoms with E-state index in [2.05, 4.69) is 23.1 Å². The van der Waals surface area contributed by atoms with Gasteiger partial charge in [-0.05, 0) is 30.5 Å². The van der Waals surface area contributed by atoms with E-state index in [1.165, 1.54) is 18.5 Å². The Kier molecular flexibility index (Phi) is 2.59. The van der Waals surface area contributed by atoms with Crippen LogP contribution in [0.3, 0.4) is 0 Å². The number of rotatable bonds is 2. The lowest BCUT2D eigenvalue weighted by atomic mass is 9.65. The fraction of sp³-hybridized carbons (Fsp3) is 0.467. The zero-order valence-electron chi connectivity index (χ0n) is 10.4. The Morgan fingerprint density at radius 1 is 1.11 bits per heavy atom. The Hall–Kier alpha value is -1.82. The molecule has 3 heteroatoms. The molecule has 0 N–H and O–H groups in total. The van der Waals surface area contributed by atoms with Crippen LogP contribution in [0.15, 0.2) is 24.3 Å². The van der Waals surface area contributed by atoms with Crippen molar-refractivity contribution in [2.24, 2.45) is 0 Å². The lowest BCUT2D eigenvalue weighted by molar-refractivity contribution is -0.126. The van der Waals surface area contributed by atoms with Crippen molar-refractivity contribution in [3.63, 3.8) is 0 Å². The van der Waals surface area contributed by atoms with Crippen LogP contribution in [0.2, 0.25) is 0 Å². The van der Waals surface area contributed by atoms with Gasteiger partial charge in [0.25, 0.3) is 0 Å². The average Bonchev–Trinajstić information content (AvgIpc) is 2.89. The zero-order valence-corrected chi connectivity index (χ0v) is 10.4. The first-order chi connectivity index (χ1) is 8.73. The molecule has 0 atom stereocenters. The van der Waals surface area contributed by atoms with Crippen LogP contribution in [-0.2, 0) is 10.2 Å². The van der Waals surface area contributed by atoms with Crippen molar-refractivity contribution >= 4 is 11.5 Å². The summed E-state index contributed by atoms with van der Waals surface area (Å²) in [5, 5.41) is 9.28. The molecule has 1 aliphatic heterocycles. The fourth-order valence-electron chi connectivity index (χ4n) is 2.94. The molecule has 3 rings (SSSR count). The zero-order chi connectivity index (χ0) is 12.6. The quantitative estimate of drug-likeness (QED) is 0.797. The number of Topliss-reactive ketones (excluding diaryl/α,β-unsaturated/α-hetero) is 1. The minimum absolute atomic E-state index is 0.195. The van der Waals surface area contributed by atoms with E-state index in [0.29, 0.717) is 12.8 Å². The number of carbonyl (C=O) groups excluding carboxylic acids is 1. The topological polar surface area (TPSA) is 44.1 Å². The second-order valence-corrected chi connectivity index (χ2v) is 5.33. The van der Waals surface area contributed by atoms with Crippen LogP contribution in [0.5, 0.6) is 0 Å². The molecule has 0 unspecified atom stereocenters. The molecular formula is C15H16N2O. The van der Waals surface area contributed by atoms with Gasteiger partial charge in [0.2, 0.25) is 0 Å². The largest absolute Gasteiger partial charge is 0.372 e. The van der Waals surface area contributed by atoms with Crippen molar-refractivity contribution in [2.75, 3.05) is 18.0 Å². The van der Waals surface area contributed by atoms with Crippen molar-refractivity contribution in [3.8, 4) is 6.07 Å². The van der Waals surface area contributed by atoms with E-state index < -0.39 is 5.41 Å². The molecule has 92 valence electrons. The third kappa shape index (κ3) is 1.69. The molecule has 3 nitrogen and oxygen atoms in total. The smallest absolute Gasteiger partial charge is 0.136 e. The van der Waals surface area contributed by atoms with Gasteiger partial charge in [0, 0.05) is 31.6 Å². The molecule has 1 saturated carbocycles. The van der Waals surface area contributed by atoms with E-state index in [4.69, 9.17) is 0 Å². The highest BCUT2D eigenvalue weighted by Crippen LogP contribution is 2.41. The molecule has 0 radical (unpaired) electrons. The van der Waals surface area contributed by atoms with Gasteiger partial charge in [-0.25, -0.2) is 0 Å². The lowest BCUT2D eigenvalue weighted by Gasteiger charge is -2.34. The summed E-state index contributed by atoms with van der Waals surface area (Å²) < 4.78 is 0. The van der Waals surface area contributed by atoms with E-state index in [1.54, 1.807) is 0 Å². The van der Waals surface area contributed by atoms with Crippen LogP contribution >= 0.6 is 0 Å². The maximum absolute atomic E-state index is 11.2. The first-order valence-corrected chi connectivity index (χ1v) is 6.52. The molecule has 2 aliphatic rings. The normalized spacial score (nSPS) is 21.5. The molecule has 1 aromatic carbocycles. The monoisotopic (exact) mass is 240 g/mol. The molecule has 1 aliphatic carbocycles. The number of ketones is 1. The van der Waals surface area contributed by atoms with E-state index in [0.717, 1.165) is 18.7 Å². The Morgan fingerprint density at radius 2 is 1.72 bits per heavy atom. The molecule has 0 spiro atoms. The molecule has 18 heavy (non-hydrogen) atoms. The summed E-state index contributed by atoms with van der Waals surface area (Å²) in [6.45, 7) is 2.25. The minimum Gasteiger partial charge on any atom is -0.372 e. The molecule has 0 aromatic heterocycles. The predicted molar refractivity (Wildman–Crippen MR) is 69.4 cm³/mol. The number of anilines is 1. The van der Waals surface area contributed by atoms with Gasteiger partial charge in [-0.3, -0.25) is 4.79 Å². The molecule has 0 amide bonds. The van der Waals surface area contributed by atoms with E-state index in [-0.39, 0.29) is 5.78 Å². The number of nitrogens with zero attached hydrogens (tertiary/aromatic N) is 2. The summed E-state index contributed by atoms with van der Waals surface area (Å²) in [6.07, 6.45) is 3.29. The molecule has 2 fully saturated rings. The molecule has 1 aromatic rings. The maximum atomic E-state index is 11.2. The highest BCUT2D eigenvalue weighted by atomic mass is 16.1. The highest BCUT2D eigenvalue weighted by molar-refractivity contribution is 5.90. The van der Waals surface area contributed by atoms with Crippen molar-refractivity contribution < 1.29 is 4.79 Å². The molecular weight excluding hydrogens is 224 g/mol. The third-order valence-electron chi connectivity index (χ3n) is 4.10. The van der Waals surface area contributed by atoms with Crippen molar-refractivity contribution in [2.45, 2.75) is 31.1 Å². The number of hydrogen-bond donors (Lipinski definition) is 0. The summed E-state index contributed by atoms with van der Waals surface area (Å²) in [4.78, 5) is 13.5. The second-order valence-electron chi connectivity index (χ2n) is 5.33. The number of nitriles is 1.